The molecule has 3 heterocycles. The molecule has 1 saturated carbocycles. The van der Waals surface area contributed by atoms with Crippen LogP contribution in [0.1, 0.15) is 20.8 Å². The maximum atomic E-state index is 14.2. The van der Waals surface area contributed by atoms with Gasteiger partial charge in [0, 0.05) is 68.3 Å². The first-order chi connectivity index (χ1) is 13.6. The summed E-state index contributed by atoms with van der Waals surface area (Å²) in [6, 6.07) is 3.07. The van der Waals surface area contributed by atoms with Crippen molar-refractivity contribution in [1.82, 2.24) is 19.4 Å². The minimum absolute atomic E-state index is 0.173. The van der Waals surface area contributed by atoms with Crippen LogP contribution in [0.5, 0.6) is 0 Å². The Morgan fingerprint density at radius 1 is 1.28 bits per heavy atom. The van der Waals surface area contributed by atoms with Crippen LogP contribution >= 0.6 is 0 Å². The fourth-order valence-corrected chi connectivity index (χ4v) is 4.41. The van der Waals surface area contributed by atoms with Crippen LogP contribution in [-0.2, 0) is 11.8 Å². The van der Waals surface area contributed by atoms with E-state index in [9.17, 15) is 14.0 Å². The molecule has 0 aromatic carbocycles. The lowest BCUT2D eigenvalue weighted by Gasteiger charge is -2.30. The summed E-state index contributed by atoms with van der Waals surface area (Å²) in [7, 11) is 3.58. The molecule has 8 heteroatoms. The lowest BCUT2D eigenvalue weighted by molar-refractivity contribution is -0.138. The van der Waals surface area contributed by atoms with Gasteiger partial charge in [-0.15, -0.1) is 0 Å². The summed E-state index contributed by atoms with van der Waals surface area (Å²) in [5.74, 6) is 0.888. The molecule has 0 N–H and O–H groups in total. The number of nitrogens with zero attached hydrogens (tertiary/aromatic N) is 5. The number of pyridine rings is 1. The van der Waals surface area contributed by atoms with Gasteiger partial charge in [0.1, 0.15) is 0 Å². The van der Waals surface area contributed by atoms with E-state index in [0.717, 1.165) is 19.3 Å². The molecule has 7 nitrogen and oxygen atoms in total. The minimum Gasteiger partial charge on any atom is -0.342 e. The zero-order valence-corrected chi connectivity index (χ0v) is 17.4. The standard InChI is InChI=1S/C21H26FN5O2/c1-21(2,3)19(29)27-10-13-14(11-27)18(13)26(5)20-24-16(8-17(28)25(20)4)12-6-7-23-9-15(12)22/h6-9,13-14,18H,10-11H2,1-5H3/t13-,14+,18+. The predicted octanol–water partition coefficient (Wildman–Crippen LogP) is 1.92. The van der Waals surface area contributed by atoms with Gasteiger partial charge in [-0.05, 0) is 6.07 Å². The van der Waals surface area contributed by atoms with Crippen molar-refractivity contribution in [3.63, 3.8) is 0 Å². The van der Waals surface area contributed by atoms with Gasteiger partial charge in [0.15, 0.2) is 5.82 Å². The number of amides is 1. The minimum atomic E-state index is -0.513. The van der Waals surface area contributed by atoms with Crippen LogP contribution in [0.4, 0.5) is 10.3 Å². The van der Waals surface area contributed by atoms with E-state index in [-0.39, 0.29) is 28.5 Å². The van der Waals surface area contributed by atoms with E-state index in [4.69, 9.17) is 0 Å². The van der Waals surface area contributed by atoms with Crippen LogP contribution in [0.2, 0.25) is 0 Å². The van der Waals surface area contributed by atoms with Gasteiger partial charge in [0.25, 0.3) is 5.56 Å². The van der Waals surface area contributed by atoms with E-state index in [1.54, 1.807) is 7.05 Å². The summed E-state index contributed by atoms with van der Waals surface area (Å²) in [6.45, 7) is 7.26. The normalized spacial score (nSPS) is 23.1. The number of piperidine rings is 1. The molecule has 2 aromatic heterocycles. The largest absolute Gasteiger partial charge is 0.342 e. The quantitative estimate of drug-likeness (QED) is 0.789. The average molecular weight is 399 g/mol. The van der Waals surface area contributed by atoms with Crippen molar-refractivity contribution in [2.45, 2.75) is 26.8 Å². The molecule has 1 aliphatic heterocycles. The number of aromatic nitrogens is 3. The number of likely N-dealkylation sites (tertiary alicyclic amines) is 1. The van der Waals surface area contributed by atoms with Gasteiger partial charge in [-0.1, -0.05) is 20.8 Å². The summed E-state index contributed by atoms with van der Waals surface area (Å²) in [6.07, 6.45) is 2.59. The number of anilines is 1. The molecule has 2 fully saturated rings. The van der Waals surface area contributed by atoms with Gasteiger partial charge in [-0.3, -0.25) is 19.1 Å². The molecule has 2 aromatic rings. The summed E-state index contributed by atoms with van der Waals surface area (Å²) >= 11 is 0. The molecular weight excluding hydrogens is 373 g/mol. The monoisotopic (exact) mass is 399 g/mol. The van der Waals surface area contributed by atoms with Crippen molar-refractivity contribution in [2.75, 3.05) is 25.0 Å². The Labute approximate surface area is 169 Å². The first kappa shape index (κ1) is 19.5. The summed E-state index contributed by atoms with van der Waals surface area (Å²) in [4.78, 5) is 37.3. The lowest BCUT2D eigenvalue weighted by atomic mass is 9.95. The summed E-state index contributed by atoms with van der Waals surface area (Å²) in [5.41, 5.74) is -0.0778. The molecule has 4 rings (SSSR count). The molecule has 0 unspecified atom stereocenters. The van der Waals surface area contributed by atoms with Crippen molar-refractivity contribution in [3.8, 4) is 11.3 Å². The number of carbonyl (C=O) groups is 1. The third-order valence-corrected chi connectivity index (χ3v) is 6.00. The number of hydrogen-bond donors (Lipinski definition) is 0. The van der Waals surface area contributed by atoms with Crippen molar-refractivity contribution in [2.24, 2.45) is 24.3 Å². The fourth-order valence-electron chi connectivity index (χ4n) is 4.41. The smallest absolute Gasteiger partial charge is 0.255 e. The van der Waals surface area contributed by atoms with E-state index in [1.807, 2.05) is 37.6 Å². The van der Waals surface area contributed by atoms with E-state index in [1.165, 1.54) is 22.9 Å². The Balaban J connectivity index is 1.57. The SMILES string of the molecule is CN(c1nc(-c2ccncc2F)cc(=O)n1C)[C@H]1[C@@H]2CN(C(=O)C(C)(C)C)C[C@@H]21. The first-order valence-corrected chi connectivity index (χ1v) is 9.79. The summed E-state index contributed by atoms with van der Waals surface area (Å²) in [5, 5.41) is 0. The number of fused-ring (bicyclic) bond motifs is 1. The van der Waals surface area contributed by atoms with Crippen LogP contribution in [-0.4, -0.2) is 51.5 Å². The number of carbonyl (C=O) groups excluding carboxylic acids is 1. The zero-order valence-electron chi connectivity index (χ0n) is 17.4. The zero-order chi connectivity index (χ0) is 21.1. The van der Waals surface area contributed by atoms with E-state index < -0.39 is 5.82 Å². The maximum Gasteiger partial charge on any atom is 0.255 e. The molecule has 1 amide bonds. The highest BCUT2D eigenvalue weighted by molar-refractivity contribution is 5.82. The molecule has 0 bridgehead atoms. The van der Waals surface area contributed by atoms with E-state index >= 15 is 0 Å². The average Bonchev–Trinajstić information content (AvgIpc) is 3.15. The Bertz CT molecular complexity index is 1020. The van der Waals surface area contributed by atoms with Crippen molar-refractivity contribution < 1.29 is 9.18 Å². The maximum absolute atomic E-state index is 14.2. The van der Waals surface area contributed by atoms with Crippen LogP contribution in [0.3, 0.4) is 0 Å². The molecule has 1 aliphatic carbocycles. The molecule has 3 atom stereocenters. The van der Waals surface area contributed by atoms with Crippen LogP contribution in [0.25, 0.3) is 11.3 Å². The van der Waals surface area contributed by atoms with E-state index in [0.29, 0.717) is 23.5 Å². The predicted molar refractivity (Wildman–Crippen MR) is 108 cm³/mol. The number of halogens is 1. The molecule has 0 spiro atoms. The highest BCUT2D eigenvalue weighted by Gasteiger charge is 2.59. The second-order valence-corrected chi connectivity index (χ2v) is 9.08. The number of rotatable bonds is 3. The van der Waals surface area contributed by atoms with Gasteiger partial charge in [0.2, 0.25) is 11.9 Å². The van der Waals surface area contributed by atoms with Crippen LogP contribution in [0.15, 0.2) is 29.3 Å². The second-order valence-electron chi connectivity index (χ2n) is 9.08. The Morgan fingerprint density at radius 3 is 2.52 bits per heavy atom. The molecule has 2 aliphatic rings. The van der Waals surface area contributed by atoms with Gasteiger partial charge in [-0.25, -0.2) is 9.37 Å². The highest BCUT2D eigenvalue weighted by Crippen LogP contribution is 2.50. The van der Waals surface area contributed by atoms with Gasteiger partial charge in [-0.2, -0.15) is 0 Å². The second kappa shape index (κ2) is 6.64. The van der Waals surface area contributed by atoms with Crippen molar-refractivity contribution in [1.29, 1.82) is 0 Å². The van der Waals surface area contributed by atoms with Crippen LogP contribution < -0.4 is 10.5 Å². The first-order valence-electron chi connectivity index (χ1n) is 9.79. The Morgan fingerprint density at radius 2 is 1.93 bits per heavy atom. The van der Waals surface area contributed by atoms with Gasteiger partial charge < -0.3 is 9.80 Å². The van der Waals surface area contributed by atoms with Crippen LogP contribution in [0, 0.1) is 23.1 Å². The lowest BCUT2D eigenvalue weighted by Crippen LogP contribution is -2.42. The van der Waals surface area contributed by atoms with Gasteiger partial charge >= 0.3 is 0 Å². The Hall–Kier alpha value is -2.77. The molecular formula is C21H26FN5O2. The third kappa shape index (κ3) is 3.30. The number of hydrogen-bond acceptors (Lipinski definition) is 5. The summed E-state index contributed by atoms with van der Waals surface area (Å²) < 4.78 is 15.6. The molecule has 0 radical (unpaired) electrons. The molecule has 154 valence electrons. The Kier molecular flexibility index (Phi) is 4.47. The fraction of sp³-hybridized carbons (Fsp3) is 0.524. The highest BCUT2D eigenvalue weighted by atomic mass is 19.1. The van der Waals surface area contributed by atoms with Crippen molar-refractivity contribution in [3.05, 3.63) is 40.7 Å². The topological polar surface area (TPSA) is 71.3 Å². The molecule has 29 heavy (non-hydrogen) atoms. The van der Waals surface area contributed by atoms with E-state index in [2.05, 4.69) is 9.97 Å². The van der Waals surface area contributed by atoms with Crippen molar-refractivity contribution >= 4 is 11.9 Å². The van der Waals surface area contributed by atoms with Gasteiger partial charge in [0.05, 0.1) is 11.9 Å². The molecule has 1 saturated heterocycles. The third-order valence-electron chi connectivity index (χ3n) is 6.00.